The third kappa shape index (κ3) is 10.2. The number of carbonyl (C=O) groups is 3. The van der Waals surface area contributed by atoms with Crippen molar-refractivity contribution in [2.75, 3.05) is 48.3 Å². The predicted molar refractivity (Wildman–Crippen MR) is 216 cm³/mol. The number of pyridine rings is 2. The van der Waals surface area contributed by atoms with Gasteiger partial charge >= 0.3 is 12.2 Å². The van der Waals surface area contributed by atoms with Crippen LogP contribution in [0.5, 0.6) is 0 Å². The number of piperidine rings is 1. The lowest BCUT2D eigenvalue weighted by Gasteiger charge is -2.42. The molecule has 6 rings (SSSR count). The fraction of sp³-hybridized carbons (Fsp3) is 0.366. The molecule has 4 heterocycles. The molecule has 3 unspecified atom stereocenters. The van der Waals surface area contributed by atoms with E-state index in [9.17, 15) is 14.4 Å². The molecule has 3 amide bonds. The molecule has 2 aromatic carbocycles. The van der Waals surface area contributed by atoms with Gasteiger partial charge in [0.1, 0.15) is 12.2 Å². The van der Waals surface area contributed by atoms with Crippen LogP contribution in [0.2, 0.25) is 0 Å². The number of rotatable bonds is 10. The molecule has 3 atom stereocenters. The number of carbonyl (C=O) groups excluding carboxylic acids is 3. The van der Waals surface area contributed by atoms with E-state index in [0.717, 1.165) is 36.0 Å². The molecule has 0 radical (unpaired) electrons. The summed E-state index contributed by atoms with van der Waals surface area (Å²) < 4.78 is 11.1. The van der Waals surface area contributed by atoms with E-state index in [-0.39, 0.29) is 36.5 Å². The highest BCUT2D eigenvalue weighted by Gasteiger charge is 2.37. The molecule has 288 valence electrons. The van der Waals surface area contributed by atoms with Crippen LogP contribution < -0.4 is 31.9 Å². The third-order valence-electron chi connectivity index (χ3n) is 9.31. The van der Waals surface area contributed by atoms with Crippen molar-refractivity contribution < 1.29 is 23.9 Å². The van der Waals surface area contributed by atoms with Gasteiger partial charge in [-0.05, 0) is 74.6 Å². The Morgan fingerprint density at radius 3 is 2.60 bits per heavy atom. The summed E-state index contributed by atoms with van der Waals surface area (Å²) in [6.45, 7) is 10.4. The largest absolute Gasteiger partial charge is 0.444 e. The van der Waals surface area contributed by atoms with Crippen LogP contribution in [0.25, 0.3) is 16.5 Å². The first-order chi connectivity index (χ1) is 26.5. The monoisotopic (exact) mass is 747 g/mol. The van der Waals surface area contributed by atoms with Crippen molar-refractivity contribution in [3.63, 3.8) is 0 Å². The Kier molecular flexibility index (Phi) is 12.4. The topological polar surface area (TPSA) is 185 Å². The maximum absolute atomic E-state index is 14.3. The average molecular weight is 748 g/mol. The molecule has 0 bridgehead atoms. The normalized spacial score (nSPS) is 18.7. The summed E-state index contributed by atoms with van der Waals surface area (Å²) in [7, 11) is 0. The second kappa shape index (κ2) is 17.5. The lowest BCUT2D eigenvalue weighted by atomic mass is 9.89. The molecule has 6 N–H and O–H groups in total. The highest BCUT2D eigenvalue weighted by molar-refractivity contribution is 6.11. The number of amides is 3. The number of nitrogens with one attached hydrogen (secondary N) is 4. The lowest BCUT2D eigenvalue weighted by molar-refractivity contribution is 0.0487. The quantitative estimate of drug-likeness (QED) is 0.125. The Bertz CT molecular complexity index is 2060. The summed E-state index contributed by atoms with van der Waals surface area (Å²) in [6.07, 6.45) is 6.62. The summed E-state index contributed by atoms with van der Waals surface area (Å²) >= 11 is 0. The molecular weight excluding hydrogens is 699 g/mol. The van der Waals surface area contributed by atoms with Crippen molar-refractivity contribution in [1.29, 1.82) is 0 Å². The van der Waals surface area contributed by atoms with Gasteiger partial charge in [0.05, 0.1) is 40.9 Å². The number of benzene rings is 2. The van der Waals surface area contributed by atoms with E-state index in [4.69, 9.17) is 20.2 Å². The van der Waals surface area contributed by atoms with Gasteiger partial charge in [-0.1, -0.05) is 55.5 Å². The van der Waals surface area contributed by atoms with Gasteiger partial charge < -0.3 is 36.1 Å². The Balaban J connectivity index is 1.29. The van der Waals surface area contributed by atoms with E-state index in [1.165, 1.54) is 5.57 Å². The number of anilines is 3. The fourth-order valence-corrected chi connectivity index (χ4v) is 6.82. The highest BCUT2D eigenvalue weighted by atomic mass is 16.6. The molecule has 1 fully saturated rings. The molecule has 14 nitrogen and oxygen atoms in total. The van der Waals surface area contributed by atoms with Crippen molar-refractivity contribution in [3.05, 3.63) is 96.0 Å². The zero-order valence-corrected chi connectivity index (χ0v) is 31.7. The van der Waals surface area contributed by atoms with Crippen LogP contribution in [-0.2, 0) is 16.1 Å². The van der Waals surface area contributed by atoms with Crippen LogP contribution in [0.1, 0.15) is 55.7 Å². The number of hydrogen-bond acceptors (Lipinski definition) is 11. The Hall–Kier alpha value is -5.86. The van der Waals surface area contributed by atoms with Gasteiger partial charge in [-0.15, -0.1) is 0 Å². The zero-order valence-electron chi connectivity index (χ0n) is 31.7. The van der Waals surface area contributed by atoms with E-state index in [0.29, 0.717) is 30.0 Å². The van der Waals surface area contributed by atoms with Gasteiger partial charge in [-0.3, -0.25) is 20.1 Å². The maximum atomic E-state index is 14.3. The van der Waals surface area contributed by atoms with Gasteiger partial charge in [0.15, 0.2) is 5.69 Å². The number of fused-ring (bicyclic) bond motifs is 1. The summed E-state index contributed by atoms with van der Waals surface area (Å²) in [5.74, 6) is -0.572. The molecule has 0 aliphatic carbocycles. The minimum Gasteiger partial charge on any atom is -0.444 e. The van der Waals surface area contributed by atoms with Crippen molar-refractivity contribution in [2.24, 2.45) is 16.6 Å². The minimum atomic E-state index is -0.727. The number of aromatic nitrogens is 2. The maximum Gasteiger partial charge on any atom is 0.412 e. The van der Waals surface area contributed by atoms with E-state index < -0.39 is 29.7 Å². The Labute approximate surface area is 321 Å². The number of hydrogen-bond donors (Lipinski definition) is 5. The second-order valence-electron chi connectivity index (χ2n) is 14.7. The second-order valence-corrected chi connectivity index (χ2v) is 14.7. The number of nitrogens with two attached hydrogens (primary N) is 1. The zero-order chi connectivity index (χ0) is 39.0. The van der Waals surface area contributed by atoms with Gasteiger partial charge in [0, 0.05) is 44.0 Å². The van der Waals surface area contributed by atoms with Crippen LogP contribution >= 0.6 is 0 Å². The SMILES string of the molecule is CC1CN(c2ccncc2NC(=O)c2nc3cc(C4=CCNCC4)ccc3cc2NC(=O)OCc2ccccc2)CC(NC(=O)OC(C)(C)C)C1N=CCN. The summed E-state index contributed by atoms with van der Waals surface area (Å²) in [5, 5.41) is 12.9. The Morgan fingerprint density at radius 1 is 1.04 bits per heavy atom. The number of ether oxygens (including phenoxy) is 2. The molecular formula is C41H49N9O5. The molecule has 4 aromatic rings. The van der Waals surface area contributed by atoms with Crippen LogP contribution in [0, 0.1) is 5.92 Å². The molecule has 2 aromatic heterocycles. The fourth-order valence-electron chi connectivity index (χ4n) is 6.82. The van der Waals surface area contributed by atoms with Crippen LogP contribution in [0.4, 0.5) is 26.7 Å². The van der Waals surface area contributed by atoms with Crippen LogP contribution in [-0.4, -0.2) is 84.7 Å². The van der Waals surface area contributed by atoms with Crippen LogP contribution in [0.15, 0.2) is 84.1 Å². The number of alkyl carbamates (subject to hydrolysis) is 1. The van der Waals surface area contributed by atoms with Crippen molar-refractivity contribution in [1.82, 2.24) is 20.6 Å². The van der Waals surface area contributed by atoms with Gasteiger partial charge in [-0.2, -0.15) is 0 Å². The lowest BCUT2D eigenvalue weighted by Crippen LogP contribution is -2.58. The van der Waals surface area contributed by atoms with E-state index in [1.54, 1.807) is 24.7 Å². The highest BCUT2D eigenvalue weighted by Crippen LogP contribution is 2.32. The smallest absolute Gasteiger partial charge is 0.412 e. The number of aliphatic imine (C=N–C) groups is 1. The van der Waals surface area contributed by atoms with Gasteiger partial charge in [-0.25, -0.2) is 14.6 Å². The van der Waals surface area contributed by atoms with Crippen molar-refractivity contribution in [2.45, 2.75) is 58.4 Å². The van der Waals surface area contributed by atoms with Crippen molar-refractivity contribution in [3.8, 4) is 0 Å². The van der Waals surface area contributed by atoms with E-state index in [2.05, 4.69) is 49.1 Å². The number of nitrogens with zero attached hydrogens (tertiary/aromatic N) is 4. The molecule has 2 aliphatic rings. The van der Waals surface area contributed by atoms with Gasteiger partial charge in [0.2, 0.25) is 0 Å². The first-order valence-electron chi connectivity index (χ1n) is 18.5. The standard InChI is InChI=1S/C41H49N9O5/c1-26-23-50(24-34(36(26)45-19-15-42)49-40(53)55-41(2,3)4)35-14-18-44-22-33(35)47-38(51)37-32(48-39(52)54-25-27-8-6-5-7-9-27)21-30-11-10-29(20-31(30)46-37)28-12-16-43-17-13-28/h5-12,14,18-22,26,34,36,43H,13,15-17,23-25,42H2,1-4H3,(H,47,51)(H,48,52)(H,49,53). The van der Waals surface area contributed by atoms with Crippen molar-refractivity contribution >= 4 is 57.8 Å². The summed E-state index contributed by atoms with van der Waals surface area (Å²) in [5.41, 5.74) is 10.0. The molecule has 0 saturated carbocycles. The predicted octanol–water partition coefficient (Wildman–Crippen LogP) is 5.76. The molecule has 0 spiro atoms. The molecule has 2 aliphatic heterocycles. The molecule has 14 heteroatoms. The first kappa shape index (κ1) is 38.9. The van der Waals surface area contributed by atoms with Crippen LogP contribution in [0.3, 0.4) is 0 Å². The Morgan fingerprint density at radius 2 is 1.85 bits per heavy atom. The molecule has 55 heavy (non-hydrogen) atoms. The minimum absolute atomic E-state index is 0.00284. The first-order valence-corrected chi connectivity index (χ1v) is 18.5. The average Bonchev–Trinajstić information content (AvgIpc) is 3.16. The summed E-state index contributed by atoms with van der Waals surface area (Å²) in [6, 6.07) is 18.1. The van der Waals surface area contributed by atoms with E-state index >= 15 is 0 Å². The molecule has 1 saturated heterocycles. The van der Waals surface area contributed by atoms with Gasteiger partial charge in [0.25, 0.3) is 5.91 Å². The van der Waals surface area contributed by atoms with E-state index in [1.807, 2.05) is 75.4 Å². The third-order valence-corrected chi connectivity index (χ3v) is 9.31. The summed E-state index contributed by atoms with van der Waals surface area (Å²) in [4.78, 5) is 56.2.